The number of likely N-dealkylation sites (tertiary alicyclic amines) is 1. The minimum atomic E-state index is 0.201. The third-order valence-corrected chi connectivity index (χ3v) is 4.13. The molecule has 4 heteroatoms. The second kappa shape index (κ2) is 10.2. The molecular formula is C15H31N3O. The first-order valence-corrected chi connectivity index (χ1v) is 7.95. The Labute approximate surface area is 118 Å². The molecule has 0 aromatic rings. The highest BCUT2D eigenvalue weighted by molar-refractivity contribution is 5.75. The van der Waals surface area contributed by atoms with Gasteiger partial charge in [0.1, 0.15) is 0 Å². The molecule has 19 heavy (non-hydrogen) atoms. The van der Waals surface area contributed by atoms with Crippen LogP contribution in [0.2, 0.25) is 0 Å². The summed E-state index contributed by atoms with van der Waals surface area (Å²) in [6.45, 7) is 7.11. The molecule has 1 rings (SSSR count). The predicted molar refractivity (Wildman–Crippen MR) is 80.0 cm³/mol. The molecule has 0 bridgehead atoms. The van der Waals surface area contributed by atoms with Crippen molar-refractivity contribution >= 4 is 5.91 Å². The molecule has 0 aromatic heterocycles. The Balaban J connectivity index is 2.03. The van der Waals surface area contributed by atoms with Gasteiger partial charge in [-0.25, -0.2) is 0 Å². The number of piperidine rings is 1. The van der Waals surface area contributed by atoms with E-state index in [1.54, 1.807) is 0 Å². The Kier molecular flexibility index (Phi) is 8.84. The van der Waals surface area contributed by atoms with Gasteiger partial charge in [-0.15, -0.1) is 0 Å². The van der Waals surface area contributed by atoms with Crippen molar-refractivity contribution in [3.8, 4) is 0 Å². The maximum atomic E-state index is 11.7. The molecule has 1 heterocycles. The van der Waals surface area contributed by atoms with Crippen molar-refractivity contribution < 1.29 is 4.79 Å². The van der Waals surface area contributed by atoms with Gasteiger partial charge in [0.2, 0.25) is 5.91 Å². The Morgan fingerprint density at radius 2 is 2.00 bits per heavy atom. The quantitative estimate of drug-likeness (QED) is 0.670. The lowest BCUT2D eigenvalue weighted by Crippen LogP contribution is -2.37. The largest absolute Gasteiger partial charge is 0.355 e. The van der Waals surface area contributed by atoms with Crippen molar-refractivity contribution in [3.63, 3.8) is 0 Å². The molecule has 1 atom stereocenters. The predicted octanol–water partition coefficient (Wildman–Crippen LogP) is 1.74. The average Bonchev–Trinajstić information content (AvgIpc) is 2.44. The minimum absolute atomic E-state index is 0.201. The fraction of sp³-hybridized carbons (Fsp3) is 0.933. The fourth-order valence-corrected chi connectivity index (χ4v) is 2.75. The SMILES string of the molecule is CCC(CCN)CCC(=O)NCCN1CCCCC1. The molecule has 0 aliphatic carbocycles. The Morgan fingerprint density at radius 1 is 1.26 bits per heavy atom. The second-order valence-corrected chi connectivity index (χ2v) is 5.64. The summed E-state index contributed by atoms with van der Waals surface area (Å²) in [5, 5.41) is 3.04. The zero-order valence-corrected chi connectivity index (χ0v) is 12.5. The van der Waals surface area contributed by atoms with E-state index < -0.39 is 0 Å². The van der Waals surface area contributed by atoms with E-state index in [0.717, 1.165) is 38.9 Å². The van der Waals surface area contributed by atoms with Crippen molar-refractivity contribution in [1.82, 2.24) is 10.2 Å². The van der Waals surface area contributed by atoms with E-state index >= 15 is 0 Å². The summed E-state index contributed by atoms with van der Waals surface area (Å²) in [6.07, 6.45) is 7.77. The van der Waals surface area contributed by atoms with Crippen molar-refractivity contribution in [3.05, 3.63) is 0 Å². The highest BCUT2D eigenvalue weighted by Gasteiger charge is 2.11. The van der Waals surface area contributed by atoms with Crippen LogP contribution >= 0.6 is 0 Å². The summed E-state index contributed by atoms with van der Waals surface area (Å²) >= 11 is 0. The number of nitrogens with two attached hydrogens (primary N) is 1. The average molecular weight is 269 g/mol. The van der Waals surface area contributed by atoms with Crippen molar-refractivity contribution in [2.75, 3.05) is 32.7 Å². The molecule has 0 radical (unpaired) electrons. The molecule has 1 aliphatic heterocycles. The summed E-state index contributed by atoms with van der Waals surface area (Å²) in [5.74, 6) is 0.810. The third-order valence-electron chi connectivity index (χ3n) is 4.13. The van der Waals surface area contributed by atoms with Gasteiger partial charge in [0, 0.05) is 19.5 Å². The Hall–Kier alpha value is -0.610. The first kappa shape index (κ1) is 16.4. The van der Waals surface area contributed by atoms with Gasteiger partial charge in [0.15, 0.2) is 0 Å². The molecule has 1 aliphatic rings. The number of amides is 1. The van der Waals surface area contributed by atoms with E-state index in [9.17, 15) is 4.79 Å². The van der Waals surface area contributed by atoms with Gasteiger partial charge in [-0.1, -0.05) is 19.8 Å². The molecule has 1 unspecified atom stereocenters. The van der Waals surface area contributed by atoms with Gasteiger partial charge in [0.25, 0.3) is 0 Å². The lowest BCUT2D eigenvalue weighted by Gasteiger charge is -2.26. The van der Waals surface area contributed by atoms with Crippen LogP contribution in [-0.2, 0) is 4.79 Å². The van der Waals surface area contributed by atoms with Gasteiger partial charge in [-0.3, -0.25) is 4.79 Å². The molecule has 112 valence electrons. The fourth-order valence-electron chi connectivity index (χ4n) is 2.75. The maximum absolute atomic E-state index is 11.7. The second-order valence-electron chi connectivity index (χ2n) is 5.64. The van der Waals surface area contributed by atoms with E-state index in [1.165, 1.54) is 32.4 Å². The van der Waals surface area contributed by atoms with Crippen LogP contribution in [0.3, 0.4) is 0 Å². The molecular weight excluding hydrogens is 238 g/mol. The number of hydrogen-bond donors (Lipinski definition) is 2. The van der Waals surface area contributed by atoms with Gasteiger partial charge in [-0.05, 0) is 51.2 Å². The summed E-state index contributed by atoms with van der Waals surface area (Å²) in [7, 11) is 0. The van der Waals surface area contributed by atoms with Crippen LogP contribution in [0.15, 0.2) is 0 Å². The molecule has 0 aromatic carbocycles. The Morgan fingerprint density at radius 3 is 2.63 bits per heavy atom. The van der Waals surface area contributed by atoms with Crippen molar-refractivity contribution in [2.24, 2.45) is 11.7 Å². The minimum Gasteiger partial charge on any atom is -0.355 e. The third kappa shape index (κ3) is 7.53. The van der Waals surface area contributed by atoms with Crippen LogP contribution < -0.4 is 11.1 Å². The van der Waals surface area contributed by atoms with Crippen LogP contribution in [-0.4, -0.2) is 43.5 Å². The lowest BCUT2D eigenvalue weighted by atomic mass is 9.96. The lowest BCUT2D eigenvalue weighted by molar-refractivity contribution is -0.121. The zero-order valence-electron chi connectivity index (χ0n) is 12.5. The van der Waals surface area contributed by atoms with E-state index in [2.05, 4.69) is 17.1 Å². The smallest absolute Gasteiger partial charge is 0.220 e. The van der Waals surface area contributed by atoms with Gasteiger partial charge >= 0.3 is 0 Å². The summed E-state index contributed by atoms with van der Waals surface area (Å²) < 4.78 is 0. The highest BCUT2D eigenvalue weighted by Crippen LogP contribution is 2.14. The van der Waals surface area contributed by atoms with Crippen LogP contribution in [0, 0.1) is 5.92 Å². The molecule has 3 N–H and O–H groups in total. The standard InChI is InChI=1S/C15H31N3O/c1-2-14(8-9-16)6-7-15(19)17-10-13-18-11-4-3-5-12-18/h14H,2-13,16H2,1H3,(H,17,19). The number of hydrogen-bond acceptors (Lipinski definition) is 3. The van der Waals surface area contributed by atoms with E-state index in [0.29, 0.717) is 12.3 Å². The summed E-state index contributed by atoms with van der Waals surface area (Å²) in [4.78, 5) is 14.2. The number of nitrogens with one attached hydrogen (secondary N) is 1. The monoisotopic (exact) mass is 269 g/mol. The number of carbonyl (C=O) groups is 1. The first-order chi connectivity index (χ1) is 9.26. The van der Waals surface area contributed by atoms with Crippen LogP contribution in [0.1, 0.15) is 51.9 Å². The van der Waals surface area contributed by atoms with Gasteiger partial charge in [-0.2, -0.15) is 0 Å². The topological polar surface area (TPSA) is 58.4 Å². The molecule has 1 amide bonds. The maximum Gasteiger partial charge on any atom is 0.220 e. The summed E-state index contributed by atoms with van der Waals surface area (Å²) in [5.41, 5.74) is 5.57. The normalized spacial score (nSPS) is 18.2. The molecule has 0 saturated carbocycles. The number of rotatable bonds is 9. The molecule has 1 fully saturated rings. The van der Waals surface area contributed by atoms with E-state index in [1.807, 2.05) is 0 Å². The van der Waals surface area contributed by atoms with E-state index in [-0.39, 0.29) is 5.91 Å². The van der Waals surface area contributed by atoms with Crippen LogP contribution in [0.4, 0.5) is 0 Å². The number of nitrogens with zero attached hydrogens (tertiary/aromatic N) is 1. The van der Waals surface area contributed by atoms with E-state index in [4.69, 9.17) is 5.73 Å². The zero-order chi connectivity index (χ0) is 13.9. The van der Waals surface area contributed by atoms with Crippen molar-refractivity contribution in [1.29, 1.82) is 0 Å². The van der Waals surface area contributed by atoms with Gasteiger partial charge in [0.05, 0.1) is 0 Å². The van der Waals surface area contributed by atoms with Crippen molar-refractivity contribution in [2.45, 2.75) is 51.9 Å². The van der Waals surface area contributed by atoms with Crippen LogP contribution in [0.25, 0.3) is 0 Å². The first-order valence-electron chi connectivity index (χ1n) is 7.95. The Bertz CT molecular complexity index is 240. The highest BCUT2D eigenvalue weighted by atomic mass is 16.1. The number of carbonyl (C=O) groups excluding carboxylic acids is 1. The summed E-state index contributed by atoms with van der Waals surface area (Å²) in [6, 6.07) is 0. The van der Waals surface area contributed by atoms with Crippen LogP contribution in [0.5, 0.6) is 0 Å². The van der Waals surface area contributed by atoms with Gasteiger partial charge < -0.3 is 16.0 Å². The molecule has 4 nitrogen and oxygen atoms in total. The molecule has 0 spiro atoms. The molecule has 1 saturated heterocycles.